The van der Waals surface area contributed by atoms with E-state index >= 15 is 0 Å². The first-order chi connectivity index (χ1) is 8.49. The third kappa shape index (κ3) is 1.67. The van der Waals surface area contributed by atoms with Crippen molar-refractivity contribution in [3.63, 3.8) is 0 Å². The summed E-state index contributed by atoms with van der Waals surface area (Å²) in [5, 5.41) is 12.3. The van der Waals surface area contributed by atoms with Crippen molar-refractivity contribution >= 4 is 32.9 Å². The van der Waals surface area contributed by atoms with E-state index in [-0.39, 0.29) is 27.8 Å². The Balaban J connectivity index is 3.10. The molecule has 0 aliphatic carbocycles. The van der Waals surface area contributed by atoms with E-state index in [0.29, 0.717) is 14.7 Å². The number of aryl methyl sites for hydroxylation is 1. The number of hydrogen-bond donors (Lipinski definition) is 1. The monoisotopic (exact) mass is 311 g/mol. The number of fused-ring (bicyclic) bond motifs is 1. The molecule has 1 amide bonds. The van der Waals surface area contributed by atoms with E-state index in [2.05, 4.69) is 15.9 Å². The summed E-state index contributed by atoms with van der Waals surface area (Å²) in [5.74, 6) is -0.924. The zero-order valence-electron chi connectivity index (χ0n) is 9.51. The molecule has 1 aromatic carbocycles. The number of hydrogen-bond acceptors (Lipinski definition) is 3. The molecule has 0 fully saturated rings. The molecular weight excluding hydrogens is 302 g/mol. The summed E-state index contributed by atoms with van der Waals surface area (Å²) < 4.78 is 0.990. The Kier molecular flexibility index (Phi) is 3.08. The minimum atomic E-state index is -0.924. The summed E-state index contributed by atoms with van der Waals surface area (Å²) in [6.45, 7) is 1.72. The van der Waals surface area contributed by atoms with Gasteiger partial charge in [0, 0.05) is 11.0 Å². The molecule has 2 N–H and O–H groups in total. The SMILES string of the molecule is Cc1cccc2c1n([O-])c(CBr)c(C(N)=O)[n+]2=O. The molecule has 0 aliphatic heterocycles. The lowest BCUT2D eigenvalue weighted by Gasteiger charge is -2.18. The van der Waals surface area contributed by atoms with E-state index in [9.17, 15) is 14.9 Å². The maximum Gasteiger partial charge on any atom is 0.347 e. The number of rotatable bonds is 2. The van der Waals surface area contributed by atoms with Crippen molar-refractivity contribution in [1.29, 1.82) is 0 Å². The van der Waals surface area contributed by atoms with Crippen LogP contribution in [0.3, 0.4) is 0 Å². The molecule has 2 aromatic rings. The number of alkyl halides is 1. The average Bonchev–Trinajstić information content (AvgIpc) is 2.32. The van der Waals surface area contributed by atoms with Crippen LogP contribution in [-0.4, -0.2) is 10.6 Å². The normalized spacial score (nSPS) is 10.8. The van der Waals surface area contributed by atoms with Crippen molar-refractivity contribution in [3.05, 3.63) is 45.3 Å². The van der Waals surface area contributed by atoms with Crippen molar-refractivity contribution in [2.75, 3.05) is 0 Å². The fourth-order valence-corrected chi connectivity index (χ4v) is 2.39. The number of primary amides is 1. The van der Waals surface area contributed by atoms with Gasteiger partial charge < -0.3 is 15.7 Å². The Bertz CT molecular complexity index is 709. The highest BCUT2D eigenvalue weighted by molar-refractivity contribution is 9.08. The van der Waals surface area contributed by atoms with E-state index < -0.39 is 5.91 Å². The molecule has 18 heavy (non-hydrogen) atoms. The first kappa shape index (κ1) is 12.6. The van der Waals surface area contributed by atoms with Crippen molar-refractivity contribution in [2.45, 2.75) is 12.3 Å². The van der Waals surface area contributed by atoms with E-state index in [1.807, 2.05) is 0 Å². The van der Waals surface area contributed by atoms with Crippen LogP contribution in [0, 0.1) is 17.0 Å². The van der Waals surface area contributed by atoms with Crippen LogP contribution in [0.1, 0.15) is 21.7 Å². The van der Waals surface area contributed by atoms with Gasteiger partial charge in [-0.25, -0.2) is 0 Å². The predicted molar refractivity (Wildman–Crippen MR) is 70.0 cm³/mol. The summed E-state index contributed by atoms with van der Waals surface area (Å²) in [5.41, 5.74) is 5.86. The van der Waals surface area contributed by atoms with Gasteiger partial charge in [-0.15, -0.1) is 0 Å². The quantitative estimate of drug-likeness (QED) is 0.667. The number of para-hydroxylation sites is 1. The third-order valence-electron chi connectivity index (χ3n) is 2.72. The van der Waals surface area contributed by atoms with Crippen LogP contribution < -0.4 is 10.2 Å². The van der Waals surface area contributed by atoms with Crippen molar-refractivity contribution in [1.82, 2.24) is 4.73 Å². The van der Waals surface area contributed by atoms with E-state index in [0.717, 1.165) is 0 Å². The molecule has 0 radical (unpaired) electrons. The number of nitrogens with two attached hydrogens (primary N) is 1. The largest absolute Gasteiger partial charge is 0.805 e. The average molecular weight is 312 g/mol. The second-order valence-corrected chi connectivity index (χ2v) is 4.39. The number of amides is 1. The zero-order valence-corrected chi connectivity index (χ0v) is 11.1. The summed E-state index contributed by atoms with van der Waals surface area (Å²) in [7, 11) is 0. The van der Waals surface area contributed by atoms with Crippen LogP contribution in [0.2, 0.25) is 0 Å². The molecule has 0 saturated carbocycles. The minimum Gasteiger partial charge on any atom is -0.805 e. The fourth-order valence-electron chi connectivity index (χ4n) is 1.90. The van der Waals surface area contributed by atoms with E-state index in [4.69, 9.17) is 5.73 Å². The standard InChI is InChI=1S/C11H10BrN3O3/c1-6-3-2-4-7-9(6)15(18)8(5-12)10(11(13)16)14(7)17/h2-4H,5H2,1H3,(H2,13,16). The minimum absolute atomic E-state index is 0.0132. The summed E-state index contributed by atoms with van der Waals surface area (Å²) >= 11 is 3.09. The van der Waals surface area contributed by atoms with Gasteiger partial charge in [-0.1, -0.05) is 28.1 Å². The van der Waals surface area contributed by atoms with Crippen LogP contribution in [-0.2, 0) is 5.33 Å². The molecular formula is C11H10BrN3O3. The smallest absolute Gasteiger partial charge is 0.347 e. The topological polar surface area (TPSA) is 94.1 Å². The van der Waals surface area contributed by atoms with Crippen LogP contribution in [0.15, 0.2) is 18.2 Å². The van der Waals surface area contributed by atoms with Gasteiger partial charge in [-0.2, -0.15) is 0 Å². The number of nitrogens with zero attached hydrogens (tertiary/aromatic N) is 2. The second kappa shape index (κ2) is 4.41. The van der Waals surface area contributed by atoms with Gasteiger partial charge in [0.1, 0.15) is 11.2 Å². The van der Waals surface area contributed by atoms with Crippen molar-refractivity contribution in [3.8, 4) is 0 Å². The lowest BCUT2D eigenvalue weighted by atomic mass is 10.1. The number of halogens is 1. The van der Waals surface area contributed by atoms with Crippen LogP contribution in [0.25, 0.3) is 11.0 Å². The fraction of sp³-hybridized carbons (Fsp3) is 0.182. The first-order valence-corrected chi connectivity index (χ1v) is 6.24. The molecule has 94 valence electrons. The van der Waals surface area contributed by atoms with Gasteiger partial charge in [-0.3, -0.25) is 4.79 Å². The Morgan fingerprint density at radius 2 is 2.22 bits per heavy atom. The first-order valence-electron chi connectivity index (χ1n) is 5.12. The molecule has 1 heterocycles. The van der Waals surface area contributed by atoms with Crippen molar-refractivity contribution in [2.24, 2.45) is 5.73 Å². The molecule has 0 aliphatic rings. The van der Waals surface area contributed by atoms with Crippen LogP contribution >= 0.6 is 15.9 Å². The van der Waals surface area contributed by atoms with Gasteiger partial charge in [0.25, 0.3) is 5.52 Å². The molecule has 0 unspecified atom stereocenters. The van der Waals surface area contributed by atoms with Crippen molar-refractivity contribution < 1.29 is 9.22 Å². The van der Waals surface area contributed by atoms with Gasteiger partial charge in [-0.05, 0) is 12.5 Å². The highest BCUT2D eigenvalue weighted by atomic mass is 79.9. The maximum atomic E-state index is 12.2. The van der Waals surface area contributed by atoms with E-state index in [1.54, 1.807) is 19.1 Å². The Labute approximate surface area is 110 Å². The van der Waals surface area contributed by atoms with Gasteiger partial charge in [0.15, 0.2) is 0 Å². The zero-order chi connectivity index (χ0) is 13.4. The Hall–Kier alpha value is -1.89. The molecule has 7 heteroatoms. The Morgan fingerprint density at radius 1 is 1.56 bits per heavy atom. The molecule has 0 bridgehead atoms. The number of carbonyl (C=O) groups is 1. The van der Waals surface area contributed by atoms with Gasteiger partial charge in [0.2, 0.25) is 0 Å². The second-order valence-electron chi connectivity index (χ2n) is 3.82. The van der Waals surface area contributed by atoms with Crippen LogP contribution in [0.4, 0.5) is 0 Å². The van der Waals surface area contributed by atoms with E-state index in [1.165, 1.54) is 6.07 Å². The molecule has 1 aromatic heterocycles. The molecule has 0 saturated heterocycles. The highest BCUT2D eigenvalue weighted by Crippen LogP contribution is 2.19. The lowest BCUT2D eigenvalue weighted by Crippen LogP contribution is -2.34. The molecule has 0 spiro atoms. The number of carbonyl (C=O) groups excluding carboxylic acids is 1. The summed E-state index contributed by atoms with van der Waals surface area (Å²) in [6.07, 6.45) is 0. The van der Waals surface area contributed by atoms with Gasteiger partial charge >= 0.3 is 11.6 Å². The lowest BCUT2D eigenvalue weighted by molar-refractivity contribution is -0.468. The summed E-state index contributed by atoms with van der Waals surface area (Å²) in [6, 6.07) is 4.84. The van der Waals surface area contributed by atoms with Crippen LogP contribution in [0.5, 0.6) is 0 Å². The summed E-state index contributed by atoms with van der Waals surface area (Å²) in [4.78, 5) is 23.4. The molecule has 0 atom stereocenters. The third-order valence-corrected chi connectivity index (χ3v) is 3.25. The number of benzene rings is 1. The molecule has 6 nitrogen and oxygen atoms in total. The van der Waals surface area contributed by atoms with Gasteiger partial charge in [0.05, 0.1) is 9.76 Å². The molecule has 2 rings (SSSR count). The highest BCUT2D eigenvalue weighted by Gasteiger charge is 2.26. The maximum absolute atomic E-state index is 12.2. The predicted octanol–water partition coefficient (Wildman–Crippen LogP) is 1.20. The number of aromatic nitrogens is 2. The Morgan fingerprint density at radius 3 is 2.78 bits per heavy atom.